The molecule has 0 aliphatic carbocycles. The van der Waals surface area contributed by atoms with E-state index in [2.05, 4.69) is 0 Å². The van der Waals surface area contributed by atoms with Gasteiger partial charge in [0.25, 0.3) is 5.91 Å². The molecular weight excluding hydrogens is 258 g/mol. The Morgan fingerprint density at radius 3 is 2.45 bits per heavy atom. The van der Waals surface area contributed by atoms with Crippen molar-refractivity contribution in [3.63, 3.8) is 0 Å². The van der Waals surface area contributed by atoms with Crippen LogP contribution in [-0.4, -0.2) is 35.2 Å². The van der Waals surface area contributed by atoms with E-state index >= 15 is 0 Å². The van der Waals surface area contributed by atoms with Crippen molar-refractivity contribution in [1.29, 1.82) is 0 Å². The van der Waals surface area contributed by atoms with E-state index in [0.717, 1.165) is 0 Å². The fourth-order valence-corrected chi connectivity index (χ4v) is 2.01. The lowest BCUT2D eigenvalue weighted by atomic mass is 10.3. The molecule has 0 fully saturated rings. The highest BCUT2D eigenvalue weighted by Crippen LogP contribution is 2.19. The Hall–Kier alpha value is -2.50. The fraction of sp³-hybridized carbons (Fsp3) is 0.286. The van der Waals surface area contributed by atoms with Gasteiger partial charge in [-0.05, 0) is 18.2 Å². The SMILES string of the molecule is COC(=O)c1cc(N(C)C(=O)c2cccn2C)cn1C. The number of nitrogens with zero attached hydrogens (tertiary/aromatic N) is 3. The minimum atomic E-state index is -0.432. The number of esters is 1. The average molecular weight is 275 g/mol. The first-order chi connectivity index (χ1) is 9.45. The Morgan fingerprint density at radius 1 is 1.20 bits per heavy atom. The predicted molar refractivity (Wildman–Crippen MR) is 74.9 cm³/mol. The van der Waals surface area contributed by atoms with Gasteiger partial charge in [-0.15, -0.1) is 0 Å². The highest BCUT2D eigenvalue weighted by Gasteiger charge is 2.20. The van der Waals surface area contributed by atoms with E-state index in [1.54, 1.807) is 41.6 Å². The van der Waals surface area contributed by atoms with E-state index in [9.17, 15) is 9.59 Å². The van der Waals surface area contributed by atoms with E-state index in [0.29, 0.717) is 17.1 Å². The molecule has 6 nitrogen and oxygen atoms in total. The Morgan fingerprint density at radius 2 is 1.90 bits per heavy atom. The first-order valence-electron chi connectivity index (χ1n) is 6.09. The summed E-state index contributed by atoms with van der Waals surface area (Å²) in [7, 11) is 6.54. The van der Waals surface area contributed by atoms with Crippen LogP contribution in [0.15, 0.2) is 30.6 Å². The third kappa shape index (κ3) is 2.32. The molecule has 0 atom stereocenters. The largest absolute Gasteiger partial charge is 0.464 e. The van der Waals surface area contributed by atoms with Crippen LogP contribution in [0.1, 0.15) is 21.0 Å². The molecule has 0 aromatic carbocycles. The van der Waals surface area contributed by atoms with Crippen molar-refractivity contribution in [2.75, 3.05) is 19.1 Å². The molecule has 0 saturated heterocycles. The Balaban J connectivity index is 2.30. The van der Waals surface area contributed by atoms with Crippen molar-refractivity contribution in [1.82, 2.24) is 9.13 Å². The minimum Gasteiger partial charge on any atom is -0.464 e. The van der Waals surface area contributed by atoms with Crippen LogP contribution in [0, 0.1) is 0 Å². The molecule has 0 aliphatic heterocycles. The second-order valence-electron chi connectivity index (χ2n) is 4.55. The van der Waals surface area contributed by atoms with Crippen LogP contribution in [0.4, 0.5) is 5.69 Å². The molecule has 0 radical (unpaired) electrons. The van der Waals surface area contributed by atoms with Gasteiger partial charge in [0.1, 0.15) is 11.4 Å². The van der Waals surface area contributed by atoms with Gasteiger partial charge in [-0.2, -0.15) is 0 Å². The lowest BCUT2D eigenvalue weighted by Gasteiger charge is -2.15. The maximum Gasteiger partial charge on any atom is 0.354 e. The molecule has 20 heavy (non-hydrogen) atoms. The number of aryl methyl sites for hydroxylation is 2. The number of amides is 1. The summed E-state index contributed by atoms with van der Waals surface area (Å²) in [5.74, 6) is -0.571. The van der Waals surface area contributed by atoms with Crippen LogP contribution in [0.2, 0.25) is 0 Å². The lowest BCUT2D eigenvalue weighted by Crippen LogP contribution is -2.27. The minimum absolute atomic E-state index is 0.139. The Bertz CT molecular complexity index is 654. The van der Waals surface area contributed by atoms with E-state index in [-0.39, 0.29) is 5.91 Å². The third-order valence-corrected chi connectivity index (χ3v) is 3.24. The van der Waals surface area contributed by atoms with Crippen molar-refractivity contribution in [2.24, 2.45) is 14.1 Å². The summed E-state index contributed by atoms with van der Waals surface area (Å²) in [6.45, 7) is 0. The topological polar surface area (TPSA) is 56.5 Å². The van der Waals surface area contributed by atoms with E-state index in [1.807, 2.05) is 19.3 Å². The highest BCUT2D eigenvalue weighted by molar-refractivity contribution is 6.05. The lowest BCUT2D eigenvalue weighted by molar-refractivity contribution is 0.0589. The molecular formula is C14H17N3O3. The first kappa shape index (κ1) is 13.9. The van der Waals surface area contributed by atoms with Crippen molar-refractivity contribution in [3.8, 4) is 0 Å². The van der Waals surface area contributed by atoms with Gasteiger partial charge in [-0.3, -0.25) is 4.79 Å². The molecule has 0 saturated carbocycles. The number of methoxy groups -OCH3 is 1. The molecule has 6 heteroatoms. The van der Waals surface area contributed by atoms with Gasteiger partial charge in [-0.1, -0.05) is 0 Å². The highest BCUT2D eigenvalue weighted by atomic mass is 16.5. The zero-order valence-corrected chi connectivity index (χ0v) is 12.0. The van der Waals surface area contributed by atoms with Crippen LogP contribution in [-0.2, 0) is 18.8 Å². The van der Waals surface area contributed by atoms with Crippen LogP contribution < -0.4 is 4.90 Å². The van der Waals surface area contributed by atoms with Crippen molar-refractivity contribution in [3.05, 3.63) is 42.0 Å². The third-order valence-electron chi connectivity index (χ3n) is 3.24. The number of anilines is 1. The number of hydrogen-bond donors (Lipinski definition) is 0. The molecule has 0 aliphatic rings. The summed E-state index contributed by atoms with van der Waals surface area (Å²) < 4.78 is 8.08. The summed E-state index contributed by atoms with van der Waals surface area (Å²) in [4.78, 5) is 25.4. The van der Waals surface area contributed by atoms with E-state index in [1.165, 1.54) is 12.0 Å². The summed E-state index contributed by atoms with van der Waals surface area (Å²) in [5, 5.41) is 0. The van der Waals surface area contributed by atoms with E-state index < -0.39 is 5.97 Å². The second kappa shape index (κ2) is 5.24. The Labute approximate surface area is 117 Å². The molecule has 2 heterocycles. The summed E-state index contributed by atoms with van der Waals surface area (Å²) in [5.41, 5.74) is 1.61. The van der Waals surface area contributed by atoms with Gasteiger partial charge in [0.2, 0.25) is 0 Å². The maximum absolute atomic E-state index is 12.4. The monoisotopic (exact) mass is 275 g/mol. The molecule has 106 valence electrons. The molecule has 0 N–H and O–H groups in total. The smallest absolute Gasteiger partial charge is 0.354 e. The van der Waals surface area contributed by atoms with Crippen molar-refractivity contribution in [2.45, 2.75) is 0 Å². The zero-order chi connectivity index (χ0) is 14.9. The molecule has 1 amide bonds. The second-order valence-corrected chi connectivity index (χ2v) is 4.55. The number of ether oxygens (including phenoxy) is 1. The standard InChI is InChI=1S/C14H17N3O3/c1-15-7-5-6-11(15)13(18)17(3)10-8-12(14(19)20-4)16(2)9-10/h5-9H,1-4H3. The number of rotatable bonds is 3. The van der Waals surface area contributed by atoms with Gasteiger partial charge >= 0.3 is 5.97 Å². The van der Waals surface area contributed by atoms with Crippen LogP contribution in [0.5, 0.6) is 0 Å². The zero-order valence-electron chi connectivity index (χ0n) is 12.0. The molecule has 0 spiro atoms. The quantitative estimate of drug-likeness (QED) is 0.796. The predicted octanol–water partition coefficient (Wildman–Crippen LogP) is 1.43. The summed E-state index contributed by atoms with van der Waals surface area (Å²) >= 11 is 0. The van der Waals surface area contributed by atoms with Gasteiger partial charge in [0.15, 0.2) is 0 Å². The maximum atomic E-state index is 12.4. The van der Waals surface area contributed by atoms with Crippen molar-refractivity contribution >= 4 is 17.6 Å². The molecule has 0 bridgehead atoms. The number of carbonyl (C=O) groups excluding carboxylic acids is 2. The number of carbonyl (C=O) groups is 2. The van der Waals surface area contributed by atoms with Crippen LogP contribution in [0.3, 0.4) is 0 Å². The van der Waals surface area contributed by atoms with Gasteiger partial charge in [0.05, 0.1) is 12.8 Å². The normalized spacial score (nSPS) is 10.4. The molecule has 0 unspecified atom stereocenters. The number of hydrogen-bond acceptors (Lipinski definition) is 3. The fourth-order valence-electron chi connectivity index (χ4n) is 2.01. The molecule has 2 aromatic rings. The summed E-state index contributed by atoms with van der Waals surface area (Å²) in [6, 6.07) is 5.20. The average Bonchev–Trinajstić information content (AvgIpc) is 3.02. The van der Waals surface area contributed by atoms with E-state index in [4.69, 9.17) is 4.74 Å². The van der Waals surface area contributed by atoms with Crippen LogP contribution >= 0.6 is 0 Å². The van der Waals surface area contributed by atoms with Gasteiger partial charge in [0, 0.05) is 33.5 Å². The molecule has 2 rings (SSSR count). The van der Waals surface area contributed by atoms with Crippen molar-refractivity contribution < 1.29 is 14.3 Å². The first-order valence-corrected chi connectivity index (χ1v) is 6.09. The van der Waals surface area contributed by atoms with Crippen LogP contribution in [0.25, 0.3) is 0 Å². The van der Waals surface area contributed by atoms with Gasteiger partial charge < -0.3 is 18.8 Å². The number of aromatic nitrogens is 2. The Kier molecular flexibility index (Phi) is 3.65. The summed E-state index contributed by atoms with van der Waals surface area (Å²) in [6.07, 6.45) is 3.53. The van der Waals surface area contributed by atoms with Gasteiger partial charge in [-0.25, -0.2) is 4.79 Å². The molecule has 2 aromatic heterocycles.